The van der Waals surface area contributed by atoms with Crippen molar-refractivity contribution in [3.05, 3.63) is 18.1 Å². The molecule has 3 rings (SSSR count). The van der Waals surface area contributed by atoms with Gasteiger partial charge in [-0.1, -0.05) is 6.92 Å². The Labute approximate surface area is 112 Å². The highest BCUT2D eigenvalue weighted by atomic mass is 15.4. The molecule has 0 spiro atoms. The lowest BCUT2D eigenvalue weighted by Gasteiger charge is -2.35. The predicted molar refractivity (Wildman–Crippen MR) is 74.2 cm³/mol. The number of hydrogen-bond acceptors (Lipinski definition) is 5. The van der Waals surface area contributed by atoms with Gasteiger partial charge >= 0.3 is 0 Å². The minimum absolute atomic E-state index is 0.477. The monoisotopic (exact) mass is 260 g/mol. The van der Waals surface area contributed by atoms with Crippen LogP contribution in [0.25, 0.3) is 5.78 Å². The summed E-state index contributed by atoms with van der Waals surface area (Å²) in [5.74, 6) is 2.26. The minimum atomic E-state index is 0.477. The third kappa shape index (κ3) is 2.40. The number of aromatic nitrogens is 4. The zero-order chi connectivity index (χ0) is 13.4. The predicted octanol–water partition coefficient (Wildman–Crippen LogP) is 1.18. The zero-order valence-corrected chi connectivity index (χ0v) is 11.7. The van der Waals surface area contributed by atoms with Crippen molar-refractivity contribution in [1.29, 1.82) is 0 Å². The van der Waals surface area contributed by atoms with Gasteiger partial charge in [0.15, 0.2) is 0 Å². The molecule has 19 heavy (non-hydrogen) atoms. The number of anilines is 1. The molecule has 0 aliphatic carbocycles. The van der Waals surface area contributed by atoms with E-state index in [0.29, 0.717) is 17.7 Å². The standard InChI is InChI=1S/C13H20N6/c1-9-7-18(3)5-4-11(9)17-12-6-10(2)16-13-14-8-15-19(12)13/h6,8-9,11,17H,4-5,7H2,1-3H3. The van der Waals surface area contributed by atoms with Gasteiger partial charge in [0, 0.05) is 24.3 Å². The van der Waals surface area contributed by atoms with E-state index in [1.165, 1.54) is 0 Å². The second-order valence-electron chi connectivity index (χ2n) is 5.53. The number of rotatable bonds is 2. The van der Waals surface area contributed by atoms with E-state index in [2.05, 4.69) is 39.3 Å². The molecule has 1 saturated heterocycles. The summed E-state index contributed by atoms with van der Waals surface area (Å²) in [6, 6.07) is 2.51. The van der Waals surface area contributed by atoms with E-state index in [1.807, 2.05) is 13.0 Å². The Bertz CT molecular complexity index is 578. The van der Waals surface area contributed by atoms with Crippen LogP contribution in [0.15, 0.2) is 12.4 Å². The highest BCUT2D eigenvalue weighted by Gasteiger charge is 2.24. The van der Waals surface area contributed by atoms with Crippen LogP contribution >= 0.6 is 0 Å². The minimum Gasteiger partial charge on any atom is -0.367 e. The quantitative estimate of drug-likeness (QED) is 0.879. The van der Waals surface area contributed by atoms with Crippen molar-refractivity contribution in [2.24, 2.45) is 5.92 Å². The SMILES string of the molecule is Cc1cc(NC2CCN(C)CC2C)n2ncnc2n1. The van der Waals surface area contributed by atoms with Gasteiger partial charge in [-0.15, -0.1) is 0 Å². The number of nitrogens with zero attached hydrogens (tertiary/aromatic N) is 5. The summed E-state index contributed by atoms with van der Waals surface area (Å²) >= 11 is 0. The Hall–Kier alpha value is -1.69. The molecule has 1 N–H and O–H groups in total. The van der Waals surface area contributed by atoms with Gasteiger partial charge < -0.3 is 10.2 Å². The first-order valence-corrected chi connectivity index (χ1v) is 6.76. The van der Waals surface area contributed by atoms with Crippen molar-refractivity contribution in [2.45, 2.75) is 26.3 Å². The van der Waals surface area contributed by atoms with Crippen LogP contribution in [0, 0.1) is 12.8 Å². The molecule has 2 atom stereocenters. The first-order valence-electron chi connectivity index (χ1n) is 6.76. The molecule has 1 aliphatic heterocycles. The first kappa shape index (κ1) is 12.3. The lowest BCUT2D eigenvalue weighted by Crippen LogP contribution is -2.43. The molecule has 3 heterocycles. The highest BCUT2D eigenvalue weighted by Crippen LogP contribution is 2.20. The van der Waals surface area contributed by atoms with Gasteiger partial charge in [-0.25, -0.2) is 4.98 Å². The Morgan fingerprint density at radius 1 is 1.42 bits per heavy atom. The van der Waals surface area contributed by atoms with Gasteiger partial charge in [0.1, 0.15) is 12.1 Å². The molecular weight excluding hydrogens is 240 g/mol. The second kappa shape index (κ2) is 4.77. The smallest absolute Gasteiger partial charge is 0.254 e. The zero-order valence-electron chi connectivity index (χ0n) is 11.7. The Kier molecular flexibility index (Phi) is 3.10. The molecule has 0 radical (unpaired) electrons. The number of aryl methyl sites for hydroxylation is 1. The van der Waals surface area contributed by atoms with Crippen molar-refractivity contribution in [2.75, 3.05) is 25.5 Å². The molecular formula is C13H20N6. The van der Waals surface area contributed by atoms with Gasteiger partial charge in [0.2, 0.25) is 0 Å². The number of hydrogen-bond donors (Lipinski definition) is 1. The summed E-state index contributed by atoms with van der Waals surface area (Å²) in [5.41, 5.74) is 0.962. The molecule has 0 saturated carbocycles. The summed E-state index contributed by atoms with van der Waals surface area (Å²) in [5, 5.41) is 7.85. The van der Waals surface area contributed by atoms with E-state index < -0.39 is 0 Å². The summed E-state index contributed by atoms with van der Waals surface area (Å²) in [6.07, 6.45) is 2.69. The van der Waals surface area contributed by atoms with E-state index >= 15 is 0 Å². The Balaban J connectivity index is 1.86. The van der Waals surface area contributed by atoms with E-state index in [0.717, 1.165) is 31.0 Å². The Morgan fingerprint density at radius 2 is 2.26 bits per heavy atom. The van der Waals surface area contributed by atoms with Crippen molar-refractivity contribution in [1.82, 2.24) is 24.5 Å². The fourth-order valence-electron chi connectivity index (χ4n) is 2.79. The van der Waals surface area contributed by atoms with E-state index in [-0.39, 0.29) is 0 Å². The number of piperidine rings is 1. The average molecular weight is 260 g/mol. The third-order valence-electron chi connectivity index (χ3n) is 3.82. The van der Waals surface area contributed by atoms with Crippen LogP contribution in [0.2, 0.25) is 0 Å². The summed E-state index contributed by atoms with van der Waals surface area (Å²) < 4.78 is 1.78. The van der Waals surface area contributed by atoms with Crippen molar-refractivity contribution >= 4 is 11.6 Å². The van der Waals surface area contributed by atoms with Crippen molar-refractivity contribution in [3.63, 3.8) is 0 Å². The average Bonchev–Trinajstić information content (AvgIpc) is 2.80. The molecule has 1 aliphatic rings. The first-order chi connectivity index (χ1) is 9.13. The van der Waals surface area contributed by atoms with Crippen LogP contribution < -0.4 is 5.32 Å². The summed E-state index contributed by atoms with van der Waals surface area (Å²) in [6.45, 7) is 6.53. The largest absolute Gasteiger partial charge is 0.367 e. The number of likely N-dealkylation sites (tertiary alicyclic amines) is 1. The molecule has 6 nitrogen and oxygen atoms in total. The normalized spacial score (nSPS) is 24.8. The van der Waals surface area contributed by atoms with Gasteiger partial charge in [-0.2, -0.15) is 14.6 Å². The van der Waals surface area contributed by atoms with Gasteiger partial charge in [0.25, 0.3) is 5.78 Å². The molecule has 0 aromatic carbocycles. The molecule has 2 aromatic rings. The topological polar surface area (TPSA) is 58.4 Å². The second-order valence-corrected chi connectivity index (χ2v) is 5.53. The number of nitrogens with one attached hydrogen (secondary N) is 1. The molecule has 2 unspecified atom stereocenters. The third-order valence-corrected chi connectivity index (χ3v) is 3.82. The van der Waals surface area contributed by atoms with Crippen LogP contribution in [-0.2, 0) is 0 Å². The maximum absolute atomic E-state index is 4.36. The fraction of sp³-hybridized carbons (Fsp3) is 0.615. The van der Waals surface area contributed by atoms with E-state index in [1.54, 1.807) is 10.8 Å². The van der Waals surface area contributed by atoms with Crippen LogP contribution in [0.5, 0.6) is 0 Å². The fourth-order valence-corrected chi connectivity index (χ4v) is 2.79. The molecule has 2 aromatic heterocycles. The van der Waals surface area contributed by atoms with Crippen LogP contribution in [-0.4, -0.2) is 50.7 Å². The Morgan fingerprint density at radius 3 is 3.05 bits per heavy atom. The van der Waals surface area contributed by atoms with E-state index in [9.17, 15) is 0 Å². The maximum Gasteiger partial charge on any atom is 0.254 e. The molecule has 0 amide bonds. The summed E-state index contributed by atoms with van der Waals surface area (Å²) in [4.78, 5) is 10.9. The highest BCUT2D eigenvalue weighted by molar-refractivity contribution is 5.45. The van der Waals surface area contributed by atoms with Crippen LogP contribution in [0.4, 0.5) is 5.82 Å². The number of fused-ring (bicyclic) bond motifs is 1. The van der Waals surface area contributed by atoms with Gasteiger partial charge in [0.05, 0.1) is 0 Å². The summed E-state index contributed by atoms with van der Waals surface area (Å²) in [7, 11) is 2.18. The molecule has 0 bridgehead atoms. The maximum atomic E-state index is 4.36. The van der Waals surface area contributed by atoms with Crippen molar-refractivity contribution < 1.29 is 0 Å². The van der Waals surface area contributed by atoms with Crippen LogP contribution in [0.1, 0.15) is 19.0 Å². The molecule has 102 valence electrons. The van der Waals surface area contributed by atoms with Gasteiger partial charge in [-0.3, -0.25) is 0 Å². The van der Waals surface area contributed by atoms with Crippen molar-refractivity contribution in [3.8, 4) is 0 Å². The lowest BCUT2D eigenvalue weighted by atomic mass is 9.94. The lowest BCUT2D eigenvalue weighted by molar-refractivity contribution is 0.206. The van der Waals surface area contributed by atoms with Crippen LogP contribution in [0.3, 0.4) is 0 Å². The molecule has 1 fully saturated rings. The van der Waals surface area contributed by atoms with Gasteiger partial charge in [-0.05, 0) is 32.9 Å². The molecule has 6 heteroatoms. The van der Waals surface area contributed by atoms with E-state index in [4.69, 9.17) is 0 Å².